The van der Waals surface area contributed by atoms with Crippen molar-refractivity contribution in [3.63, 3.8) is 0 Å². The first kappa shape index (κ1) is 24.1. The minimum atomic E-state index is -0.0384. The van der Waals surface area contributed by atoms with Gasteiger partial charge in [-0.15, -0.1) is 11.3 Å². The van der Waals surface area contributed by atoms with E-state index >= 15 is 0 Å². The highest BCUT2D eigenvalue weighted by atomic mass is 32.1. The van der Waals surface area contributed by atoms with Crippen molar-refractivity contribution < 1.29 is 14.3 Å². The van der Waals surface area contributed by atoms with E-state index in [1.807, 2.05) is 72.1 Å². The monoisotopic (exact) mass is 477 g/mol. The second-order valence-electron chi connectivity index (χ2n) is 8.36. The number of anilines is 1. The summed E-state index contributed by atoms with van der Waals surface area (Å²) >= 11 is 1.44. The summed E-state index contributed by atoms with van der Waals surface area (Å²) in [7, 11) is 0. The third-order valence-electron chi connectivity index (χ3n) is 5.82. The molecule has 0 aliphatic carbocycles. The van der Waals surface area contributed by atoms with E-state index in [9.17, 15) is 9.59 Å². The van der Waals surface area contributed by atoms with Gasteiger partial charge in [-0.2, -0.15) is 0 Å². The number of hydrogen-bond donors (Lipinski definition) is 1. The molecule has 34 heavy (non-hydrogen) atoms. The van der Waals surface area contributed by atoms with Gasteiger partial charge in [0.2, 0.25) is 5.91 Å². The van der Waals surface area contributed by atoms with Crippen molar-refractivity contribution >= 4 is 28.8 Å². The Morgan fingerprint density at radius 1 is 0.971 bits per heavy atom. The third-order valence-corrected chi connectivity index (χ3v) is 6.68. The summed E-state index contributed by atoms with van der Waals surface area (Å²) in [5, 5.41) is 4.94. The number of morpholine rings is 1. The third kappa shape index (κ3) is 7.00. The molecule has 1 N–H and O–H groups in total. The van der Waals surface area contributed by atoms with Gasteiger partial charge >= 0.3 is 0 Å². The molecule has 1 aromatic heterocycles. The lowest BCUT2D eigenvalue weighted by atomic mass is 10.1. The SMILES string of the molecule is O=C(Cc1cccc(N(Cc2ccccc2)C(=O)c2cccs2)c1)NCCCN1CCOCC1. The summed E-state index contributed by atoms with van der Waals surface area (Å²) in [6.45, 7) is 5.60. The van der Waals surface area contributed by atoms with Gasteiger partial charge in [0.15, 0.2) is 0 Å². The molecule has 0 bridgehead atoms. The molecule has 1 saturated heterocycles. The first-order chi connectivity index (χ1) is 16.7. The average Bonchev–Trinajstić information content (AvgIpc) is 3.41. The highest BCUT2D eigenvalue weighted by Gasteiger charge is 2.20. The molecule has 3 aromatic rings. The lowest BCUT2D eigenvalue weighted by Crippen LogP contribution is -2.38. The van der Waals surface area contributed by atoms with Crippen LogP contribution in [-0.4, -0.2) is 56.1 Å². The fraction of sp³-hybridized carbons (Fsp3) is 0.333. The van der Waals surface area contributed by atoms with Crippen molar-refractivity contribution in [2.24, 2.45) is 0 Å². The maximum absolute atomic E-state index is 13.3. The molecule has 7 heteroatoms. The maximum Gasteiger partial charge on any atom is 0.268 e. The van der Waals surface area contributed by atoms with Gasteiger partial charge in [0.25, 0.3) is 5.91 Å². The molecule has 0 saturated carbocycles. The van der Waals surface area contributed by atoms with E-state index in [-0.39, 0.29) is 18.2 Å². The van der Waals surface area contributed by atoms with Gasteiger partial charge in [-0.25, -0.2) is 0 Å². The van der Waals surface area contributed by atoms with Crippen LogP contribution in [0.25, 0.3) is 0 Å². The Kier molecular flexibility index (Phi) is 8.84. The maximum atomic E-state index is 13.3. The molecule has 6 nitrogen and oxygen atoms in total. The molecular formula is C27H31N3O3S. The predicted molar refractivity (Wildman–Crippen MR) is 136 cm³/mol. The normalized spacial score (nSPS) is 14.0. The average molecular weight is 478 g/mol. The lowest BCUT2D eigenvalue weighted by molar-refractivity contribution is -0.120. The van der Waals surface area contributed by atoms with Gasteiger partial charge in [-0.05, 0) is 47.7 Å². The van der Waals surface area contributed by atoms with E-state index in [1.54, 1.807) is 4.90 Å². The van der Waals surface area contributed by atoms with Crippen molar-refractivity contribution in [2.45, 2.75) is 19.4 Å². The number of rotatable bonds is 10. The molecule has 0 radical (unpaired) electrons. The summed E-state index contributed by atoms with van der Waals surface area (Å²) < 4.78 is 5.37. The highest BCUT2D eigenvalue weighted by molar-refractivity contribution is 7.12. The Hall–Kier alpha value is -3.00. The zero-order chi connectivity index (χ0) is 23.6. The summed E-state index contributed by atoms with van der Waals surface area (Å²) in [6, 6.07) is 21.4. The number of amides is 2. The van der Waals surface area contributed by atoms with E-state index in [0.717, 1.165) is 56.1 Å². The molecule has 1 fully saturated rings. The number of benzene rings is 2. The molecule has 1 aliphatic heterocycles. The van der Waals surface area contributed by atoms with Crippen molar-refractivity contribution in [3.8, 4) is 0 Å². The lowest BCUT2D eigenvalue weighted by Gasteiger charge is -2.26. The molecule has 2 heterocycles. The fourth-order valence-electron chi connectivity index (χ4n) is 4.02. The first-order valence-electron chi connectivity index (χ1n) is 11.7. The van der Waals surface area contributed by atoms with Gasteiger partial charge in [0, 0.05) is 25.3 Å². The predicted octanol–water partition coefficient (Wildman–Crippen LogP) is 3.98. The Balaban J connectivity index is 1.37. The molecule has 4 rings (SSSR count). The van der Waals surface area contributed by atoms with Crippen LogP contribution in [0.15, 0.2) is 72.1 Å². The van der Waals surface area contributed by atoms with Crippen LogP contribution in [0.5, 0.6) is 0 Å². The molecule has 1 aliphatic rings. The number of carbonyl (C=O) groups excluding carboxylic acids is 2. The largest absolute Gasteiger partial charge is 0.379 e. The Morgan fingerprint density at radius 2 is 1.76 bits per heavy atom. The number of carbonyl (C=O) groups is 2. The molecule has 178 valence electrons. The van der Waals surface area contributed by atoms with E-state index < -0.39 is 0 Å². The highest BCUT2D eigenvalue weighted by Crippen LogP contribution is 2.23. The number of ether oxygens (including phenoxy) is 1. The van der Waals surface area contributed by atoms with Crippen LogP contribution in [-0.2, 0) is 22.5 Å². The van der Waals surface area contributed by atoms with Crippen LogP contribution in [0.1, 0.15) is 27.2 Å². The second-order valence-corrected chi connectivity index (χ2v) is 9.31. The minimum Gasteiger partial charge on any atom is -0.379 e. The number of nitrogens with one attached hydrogen (secondary N) is 1. The Bertz CT molecular complexity index is 1050. The van der Waals surface area contributed by atoms with Crippen LogP contribution >= 0.6 is 11.3 Å². The summed E-state index contributed by atoms with van der Waals surface area (Å²) in [4.78, 5) is 30.7. The molecule has 0 spiro atoms. The number of thiophene rings is 1. The van der Waals surface area contributed by atoms with Gasteiger partial charge < -0.3 is 15.0 Å². The van der Waals surface area contributed by atoms with Gasteiger partial charge in [0.05, 0.1) is 31.1 Å². The van der Waals surface area contributed by atoms with Gasteiger partial charge in [0.1, 0.15) is 0 Å². The zero-order valence-electron chi connectivity index (χ0n) is 19.3. The molecule has 2 amide bonds. The van der Waals surface area contributed by atoms with Crippen molar-refractivity contribution in [1.82, 2.24) is 10.2 Å². The van der Waals surface area contributed by atoms with Crippen LogP contribution < -0.4 is 10.2 Å². The fourth-order valence-corrected chi connectivity index (χ4v) is 4.69. The zero-order valence-corrected chi connectivity index (χ0v) is 20.1. The summed E-state index contributed by atoms with van der Waals surface area (Å²) in [5.74, 6) is -0.0399. The summed E-state index contributed by atoms with van der Waals surface area (Å²) in [5.41, 5.74) is 2.73. The first-order valence-corrected chi connectivity index (χ1v) is 12.6. The van der Waals surface area contributed by atoms with E-state index in [0.29, 0.717) is 18.0 Å². The van der Waals surface area contributed by atoms with Gasteiger partial charge in [-0.3, -0.25) is 14.5 Å². The molecule has 2 aromatic carbocycles. The van der Waals surface area contributed by atoms with Crippen molar-refractivity contribution in [3.05, 3.63) is 88.1 Å². The topological polar surface area (TPSA) is 61.9 Å². The smallest absolute Gasteiger partial charge is 0.268 e. The number of hydrogen-bond acceptors (Lipinski definition) is 5. The van der Waals surface area contributed by atoms with Crippen LogP contribution in [0.3, 0.4) is 0 Å². The number of nitrogens with zero attached hydrogens (tertiary/aromatic N) is 2. The molecular weight excluding hydrogens is 446 g/mol. The van der Waals surface area contributed by atoms with E-state index in [4.69, 9.17) is 4.74 Å². The second kappa shape index (κ2) is 12.5. The molecule has 0 unspecified atom stereocenters. The minimum absolute atomic E-state index is 0.00156. The van der Waals surface area contributed by atoms with Crippen LogP contribution in [0.4, 0.5) is 5.69 Å². The quantitative estimate of drug-likeness (QED) is 0.449. The van der Waals surface area contributed by atoms with Crippen molar-refractivity contribution in [1.29, 1.82) is 0 Å². The van der Waals surface area contributed by atoms with E-state index in [1.165, 1.54) is 11.3 Å². The Labute approximate surface area is 205 Å². The molecule has 0 atom stereocenters. The van der Waals surface area contributed by atoms with Crippen molar-refractivity contribution in [2.75, 3.05) is 44.3 Å². The van der Waals surface area contributed by atoms with Crippen LogP contribution in [0, 0.1) is 0 Å². The Morgan fingerprint density at radius 3 is 2.53 bits per heavy atom. The van der Waals surface area contributed by atoms with E-state index in [2.05, 4.69) is 10.2 Å². The summed E-state index contributed by atoms with van der Waals surface area (Å²) in [6.07, 6.45) is 1.21. The standard InChI is InChI=1S/C27H31N3O3S/c31-26(28-12-6-13-29-14-16-33-17-15-29)20-23-9-4-10-24(19-23)30(21-22-7-2-1-3-8-22)27(32)25-11-5-18-34-25/h1-5,7-11,18-19H,6,12-17,20-21H2,(H,28,31). The van der Waals surface area contributed by atoms with Crippen LogP contribution in [0.2, 0.25) is 0 Å². The van der Waals surface area contributed by atoms with Gasteiger partial charge in [-0.1, -0.05) is 48.5 Å².